The van der Waals surface area contributed by atoms with Crippen LogP contribution in [0.1, 0.15) is 33.4 Å². The number of hydrogen-bond donors (Lipinski definition) is 0. The summed E-state index contributed by atoms with van der Waals surface area (Å²) < 4.78 is 0. The predicted octanol–water partition coefficient (Wildman–Crippen LogP) is 7.24. The van der Waals surface area contributed by atoms with Gasteiger partial charge in [-0.25, -0.2) is 0 Å². The van der Waals surface area contributed by atoms with Gasteiger partial charge in [0.2, 0.25) is 6.71 Å². The summed E-state index contributed by atoms with van der Waals surface area (Å²) in [6.45, 7) is 13.7. The highest BCUT2D eigenvalue weighted by atomic mass is 14.6. The van der Waals surface area contributed by atoms with Gasteiger partial charge in [0, 0.05) is 37.2 Å². The van der Waals surface area contributed by atoms with E-state index in [1.54, 1.807) is 0 Å². The Kier molecular flexibility index (Phi) is 7.77. The van der Waals surface area contributed by atoms with Crippen LogP contribution in [0.4, 0.5) is 0 Å². The molecular formula is C39H36BN3. The van der Waals surface area contributed by atoms with Crippen molar-refractivity contribution in [1.29, 1.82) is 0 Å². The van der Waals surface area contributed by atoms with Crippen LogP contribution in [0.3, 0.4) is 0 Å². The highest BCUT2D eigenvalue weighted by Gasteiger charge is 2.31. The molecule has 0 aliphatic carbocycles. The van der Waals surface area contributed by atoms with Gasteiger partial charge in [0.25, 0.3) is 0 Å². The fourth-order valence-electron chi connectivity index (χ4n) is 6.86. The molecule has 0 amide bonds. The van der Waals surface area contributed by atoms with Crippen molar-refractivity contribution in [3.8, 4) is 33.4 Å². The number of aromatic nitrogens is 3. The van der Waals surface area contributed by atoms with Gasteiger partial charge >= 0.3 is 0 Å². The lowest BCUT2D eigenvalue weighted by Crippen LogP contribution is -2.57. The van der Waals surface area contributed by atoms with E-state index in [4.69, 9.17) is 0 Å². The van der Waals surface area contributed by atoms with E-state index in [9.17, 15) is 0 Å². The van der Waals surface area contributed by atoms with Gasteiger partial charge < -0.3 is 0 Å². The van der Waals surface area contributed by atoms with Gasteiger partial charge in [-0.1, -0.05) is 86.2 Å². The fourth-order valence-corrected chi connectivity index (χ4v) is 6.86. The summed E-state index contributed by atoms with van der Waals surface area (Å²) in [5.74, 6) is 0. The predicted molar refractivity (Wildman–Crippen MR) is 182 cm³/mol. The molecule has 4 heteroatoms. The van der Waals surface area contributed by atoms with Crippen LogP contribution in [0.15, 0.2) is 110 Å². The van der Waals surface area contributed by atoms with E-state index in [1.807, 2.05) is 37.2 Å². The Bertz CT molecular complexity index is 1620. The van der Waals surface area contributed by atoms with Gasteiger partial charge in [0.1, 0.15) is 0 Å². The second kappa shape index (κ2) is 11.8. The first-order valence-corrected chi connectivity index (χ1v) is 14.9. The quantitative estimate of drug-likeness (QED) is 0.203. The molecule has 6 rings (SSSR count). The minimum Gasteiger partial charge on any atom is -0.265 e. The van der Waals surface area contributed by atoms with Crippen LogP contribution in [-0.2, 0) is 0 Å². The summed E-state index contributed by atoms with van der Waals surface area (Å²) in [5.41, 5.74) is 19.2. The zero-order valence-corrected chi connectivity index (χ0v) is 25.8. The van der Waals surface area contributed by atoms with Gasteiger partial charge in [0.15, 0.2) is 0 Å². The molecule has 0 saturated carbocycles. The van der Waals surface area contributed by atoms with E-state index >= 15 is 0 Å². The molecule has 0 radical (unpaired) electrons. The Morgan fingerprint density at radius 3 is 0.744 bits per heavy atom. The summed E-state index contributed by atoms with van der Waals surface area (Å²) in [4.78, 5) is 12.7. The molecule has 3 heterocycles. The molecule has 0 aliphatic heterocycles. The number of rotatable bonds is 6. The van der Waals surface area contributed by atoms with Crippen molar-refractivity contribution in [2.24, 2.45) is 0 Å². The molecule has 0 fully saturated rings. The van der Waals surface area contributed by atoms with Gasteiger partial charge in [-0.15, -0.1) is 0 Å². The van der Waals surface area contributed by atoms with E-state index in [2.05, 4.69) is 129 Å². The Labute approximate surface area is 255 Å². The second-order valence-corrected chi connectivity index (χ2v) is 11.7. The third kappa shape index (κ3) is 5.53. The molecule has 210 valence electrons. The zero-order chi connectivity index (χ0) is 30.1. The SMILES string of the molecule is Cc1cc(-c2ccncc2)cc(C)c1B(c1c(C)cc(-c2ccncc2)cc1C)c1c(C)cc(-c2ccncc2)cc1C. The highest BCUT2D eigenvalue weighted by Crippen LogP contribution is 2.26. The number of pyridine rings is 3. The van der Waals surface area contributed by atoms with Gasteiger partial charge in [-0.2, -0.15) is 0 Å². The molecule has 3 aromatic carbocycles. The molecule has 3 nitrogen and oxygen atoms in total. The van der Waals surface area contributed by atoms with Gasteiger partial charge in [-0.3, -0.25) is 15.0 Å². The normalized spacial score (nSPS) is 11.0. The van der Waals surface area contributed by atoms with Gasteiger partial charge in [-0.05, 0) is 111 Å². The van der Waals surface area contributed by atoms with Crippen molar-refractivity contribution >= 4 is 23.1 Å². The highest BCUT2D eigenvalue weighted by molar-refractivity contribution is 6.97. The van der Waals surface area contributed by atoms with E-state index in [0.29, 0.717) is 0 Å². The van der Waals surface area contributed by atoms with Crippen LogP contribution >= 0.6 is 0 Å². The van der Waals surface area contributed by atoms with Crippen LogP contribution in [0.2, 0.25) is 0 Å². The molecule has 0 unspecified atom stereocenters. The summed E-state index contributed by atoms with van der Waals surface area (Å²) in [6, 6.07) is 26.6. The lowest BCUT2D eigenvalue weighted by molar-refractivity contribution is 1.32. The number of nitrogens with zero attached hydrogens (tertiary/aromatic N) is 3. The van der Waals surface area contributed by atoms with Crippen molar-refractivity contribution in [3.63, 3.8) is 0 Å². The first-order chi connectivity index (χ1) is 20.8. The monoisotopic (exact) mass is 557 g/mol. The summed E-state index contributed by atoms with van der Waals surface area (Å²) in [5, 5.41) is 0. The molecular weight excluding hydrogens is 521 g/mol. The lowest BCUT2D eigenvalue weighted by Gasteiger charge is -2.28. The fraction of sp³-hybridized carbons (Fsp3) is 0.154. The summed E-state index contributed by atoms with van der Waals surface area (Å²) in [6.07, 6.45) is 11.2. The van der Waals surface area contributed by atoms with Crippen LogP contribution < -0.4 is 16.4 Å². The second-order valence-electron chi connectivity index (χ2n) is 11.7. The molecule has 0 atom stereocenters. The van der Waals surface area contributed by atoms with E-state index in [-0.39, 0.29) is 6.71 Å². The zero-order valence-electron chi connectivity index (χ0n) is 25.8. The Morgan fingerprint density at radius 2 is 0.535 bits per heavy atom. The molecule has 0 N–H and O–H groups in total. The smallest absolute Gasteiger partial charge is 0.243 e. The third-order valence-corrected chi connectivity index (χ3v) is 8.69. The molecule has 43 heavy (non-hydrogen) atoms. The van der Waals surface area contributed by atoms with Crippen LogP contribution in [-0.4, -0.2) is 21.7 Å². The average Bonchev–Trinajstić information content (AvgIpc) is 3.01. The Morgan fingerprint density at radius 1 is 0.326 bits per heavy atom. The topological polar surface area (TPSA) is 38.7 Å². The van der Waals surface area contributed by atoms with Crippen LogP contribution in [0, 0.1) is 41.5 Å². The molecule has 3 aromatic heterocycles. The van der Waals surface area contributed by atoms with Crippen molar-refractivity contribution in [2.45, 2.75) is 41.5 Å². The Hall–Kier alpha value is -4.83. The molecule has 0 aliphatic rings. The maximum Gasteiger partial charge on any atom is 0.243 e. The molecule has 0 bridgehead atoms. The van der Waals surface area contributed by atoms with E-state index < -0.39 is 0 Å². The standard InChI is InChI=1S/C39H36BN3/c1-25-19-34(31-7-13-41-14-8-31)20-26(2)37(25)40(38-27(3)21-35(22-28(38)4)32-9-15-42-16-10-32)39-29(5)23-36(24-30(39)6)33-11-17-43-18-12-33/h7-24H,1-6H3. The first kappa shape index (κ1) is 28.3. The van der Waals surface area contributed by atoms with Gasteiger partial charge in [0.05, 0.1) is 0 Å². The van der Waals surface area contributed by atoms with Crippen molar-refractivity contribution in [2.75, 3.05) is 0 Å². The minimum absolute atomic E-state index is 0.0875. The molecule has 6 aromatic rings. The van der Waals surface area contributed by atoms with Crippen LogP contribution in [0.25, 0.3) is 33.4 Å². The number of aryl methyl sites for hydroxylation is 6. The first-order valence-electron chi connectivity index (χ1n) is 14.9. The molecule has 0 spiro atoms. The summed E-state index contributed by atoms with van der Waals surface area (Å²) >= 11 is 0. The maximum atomic E-state index is 4.23. The maximum absolute atomic E-state index is 4.23. The lowest BCUT2D eigenvalue weighted by atomic mass is 9.33. The Balaban J connectivity index is 1.59. The van der Waals surface area contributed by atoms with E-state index in [1.165, 1.54) is 83.1 Å². The van der Waals surface area contributed by atoms with Crippen molar-refractivity contribution in [1.82, 2.24) is 15.0 Å². The minimum atomic E-state index is 0.0875. The van der Waals surface area contributed by atoms with Crippen molar-refractivity contribution < 1.29 is 0 Å². The number of hydrogen-bond acceptors (Lipinski definition) is 3. The third-order valence-electron chi connectivity index (χ3n) is 8.69. The molecule has 0 saturated heterocycles. The summed E-state index contributed by atoms with van der Waals surface area (Å²) in [7, 11) is 0. The van der Waals surface area contributed by atoms with Crippen LogP contribution in [0.5, 0.6) is 0 Å². The number of benzene rings is 3. The van der Waals surface area contributed by atoms with Crippen molar-refractivity contribution in [3.05, 3.63) is 143 Å². The average molecular weight is 558 g/mol. The largest absolute Gasteiger partial charge is 0.265 e. The van der Waals surface area contributed by atoms with E-state index in [0.717, 1.165) is 0 Å².